The Bertz CT molecular complexity index is 471. The average molecular weight is 245 g/mol. The minimum atomic E-state index is -0.301. The molecular formula is C17H24O. The predicted molar refractivity (Wildman–Crippen MR) is 75.9 cm³/mol. The molecule has 1 aliphatic carbocycles. The zero-order valence-corrected chi connectivity index (χ0v) is 11.8. The molecule has 0 bridgehead atoms. The topological polar surface area (TPSA) is 17.1 Å². The molecule has 2 rings (SSSR count). The first-order valence-electron chi connectivity index (χ1n) is 7.53. The van der Waals surface area contributed by atoms with E-state index in [1.165, 1.54) is 12.0 Å². The molecule has 0 saturated carbocycles. The van der Waals surface area contributed by atoms with Gasteiger partial charge in [-0.1, -0.05) is 45.4 Å². The Balaban J connectivity index is 2.34. The second-order valence-electron chi connectivity index (χ2n) is 6.29. The van der Waals surface area contributed by atoms with Crippen molar-refractivity contribution in [2.45, 2.75) is 59.3 Å². The minimum Gasteiger partial charge on any atom is -0.299 e. The molecule has 98 valence electrons. The van der Waals surface area contributed by atoms with Crippen LogP contribution >= 0.6 is 0 Å². The molecule has 0 heterocycles. The van der Waals surface area contributed by atoms with Crippen LogP contribution in [0, 0.1) is 5.41 Å². The van der Waals surface area contributed by atoms with E-state index in [1.54, 1.807) is 0 Å². The summed E-state index contributed by atoms with van der Waals surface area (Å²) in [4.78, 5) is 12.3. The van der Waals surface area contributed by atoms with Gasteiger partial charge in [-0.05, 0) is 42.3 Å². The number of hydrogen-bond acceptors (Lipinski definition) is 1. The number of carbonyl (C=O) groups is 1. The van der Waals surface area contributed by atoms with E-state index < -0.39 is 0 Å². The molecule has 0 spiro atoms. The SMILES string of the molecule is [2H]C1CCCCc2cccc(CC(=O)C(C)(C)C)c21. The van der Waals surface area contributed by atoms with E-state index in [0.717, 1.165) is 30.4 Å². The number of hydrogen-bond donors (Lipinski definition) is 0. The lowest BCUT2D eigenvalue weighted by molar-refractivity contribution is -0.125. The first-order chi connectivity index (χ1) is 8.89. The highest BCUT2D eigenvalue weighted by molar-refractivity contribution is 5.86. The average Bonchev–Trinajstić information content (AvgIpc) is 2.51. The zero-order valence-electron chi connectivity index (χ0n) is 12.8. The summed E-state index contributed by atoms with van der Waals surface area (Å²) < 4.78 is 8.32. The Kier molecular flexibility index (Phi) is 3.49. The van der Waals surface area contributed by atoms with Crippen molar-refractivity contribution < 1.29 is 6.17 Å². The molecule has 0 fully saturated rings. The maximum absolute atomic E-state index is 12.3. The molecule has 1 heteroatoms. The fraction of sp³-hybridized carbons (Fsp3) is 0.588. The summed E-state index contributed by atoms with van der Waals surface area (Å²) in [6.07, 6.45) is 4.59. The molecule has 1 atom stereocenters. The highest BCUT2D eigenvalue weighted by Gasteiger charge is 2.23. The maximum Gasteiger partial charge on any atom is 0.142 e. The van der Waals surface area contributed by atoms with Gasteiger partial charge in [-0.2, -0.15) is 0 Å². The van der Waals surface area contributed by atoms with Crippen molar-refractivity contribution in [3.63, 3.8) is 0 Å². The lowest BCUT2D eigenvalue weighted by atomic mass is 9.85. The van der Waals surface area contributed by atoms with Gasteiger partial charge in [0.2, 0.25) is 0 Å². The Morgan fingerprint density at radius 3 is 2.78 bits per heavy atom. The molecule has 0 aliphatic heterocycles. The van der Waals surface area contributed by atoms with Gasteiger partial charge in [0, 0.05) is 13.2 Å². The monoisotopic (exact) mass is 245 g/mol. The van der Waals surface area contributed by atoms with E-state index in [-0.39, 0.29) is 17.6 Å². The molecule has 1 aromatic rings. The summed E-state index contributed by atoms with van der Waals surface area (Å²) in [5.41, 5.74) is 3.21. The van der Waals surface area contributed by atoms with Gasteiger partial charge in [-0.15, -0.1) is 0 Å². The Morgan fingerprint density at radius 1 is 1.28 bits per heavy atom. The largest absolute Gasteiger partial charge is 0.299 e. The van der Waals surface area contributed by atoms with Crippen molar-refractivity contribution in [1.82, 2.24) is 0 Å². The van der Waals surface area contributed by atoms with Gasteiger partial charge in [0.1, 0.15) is 5.78 Å². The number of ketones is 1. The molecule has 1 unspecified atom stereocenters. The Labute approximate surface area is 112 Å². The third-order valence-electron chi connectivity index (χ3n) is 3.72. The molecule has 0 amide bonds. The van der Waals surface area contributed by atoms with Gasteiger partial charge >= 0.3 is 0 Å². The molecule has 18 heavy (non-hydrogen) atoms. The number of carbonyl (C=O) groups excluding carboxylic acids is 1. The number of Topliss-reactive ketones (excluding diaryl/α,β-unsaturated/α-hetero) is 1. The highest BCUT2D eigenvalue weighted by Crippen LogP contribution is 2.26. The number of benzene rings is 1. The van der Waals surface area contributed by atoms with Crippen LogP contribution in [0.1, 0.15) is 58.1 Å². The lowest BCUT2D eigenvalue weighted by Gasteiger charge is -2.19. The number of fused-ring (bicyclic) bond motifs is 1. The first-order valence-corrected chi connectivity index (χ1v) is 6.96. The van der Waals surface area contributed by atoms with Crippen LogP contribution in [0.2, 0.25) is 0 Å². The van der Waals surface area contributed by atoms with Crippen molar-refractivity contribution in [2.24, 2.45) is 5.41 Å². The summed E-state index contributed by atoms with van der Waals surface area (Å²) in [5, 5.41) is 0. The molecule has 0 aromatic heterocycles. The van der Waals surface area contributed by atoms with Crippen molar-refractivity contribution in [3.8, 4) is 0 Å². The summed E-state index contributed by atoms with van der Waals surface area (Å²) >= 11 is 0. The lowest BCUT2D eigenvalue weighted by Crippen LogP contribution is -2.22. The van der Waals surface area contributed by atoms with Gasteiger partial charge in [0.25, 0.3) is 0 Å². The fourth-order valence-corrected chi connectivity index (χ4v) is 2.44. The number of rotatable bonds is 2. The predicted octanol–water partition coefficient (Wildman–Crippen LogP) is 4.11. The third kappa shape index (κ3) is 3.01. The molecule has 1 nitrogen and oxygen atoms in total. The van der Waals surface area contributed by atoms with Crippen molar-refractivity contribution in [2.75, 3.05) is 0 Å². The summed E-state index contributed by atoms with van der Waals surface area (Å²) in [6.45, 7) is 5.90. The number of aryl methyl sites for hydroxylation is 1. The van der Waals surface area contributed by atoms with Crippen molar-refractivity contribution in [1.29, 1.82) is 0 Å². The third-order valence-corrected chi connectivity index (χ3v) is 3.72. The van der Waals surface area contributed by atoms with Gasteiger partial charge in [-0.25, -0.2) is 0 Å². The van der Waals surface area contributed by atoms with Gasteiger partial charge in [0.05, 0.1) is 0 Å². The Hall–Kier alpha value is -1.11. The summed E-state index contributed by atoms with van der Waals surface area (Å²) in [6, 6.07) is 6.21. The molecular weight excluding hydrogens is 220 g/mol. The maximum atomic E-state index is 12.3. The first kappa shape index (κ1) is 12.0. The molecule has 0 N–H and O–H groups in total. The van der Waals surface area contributed by atoms with Crippen LogP contribution in [0.5, 0.6) is 0 Å². The van der Waals surface area contributed by atoms with E-state index in [2.05, 4.69) is 6.07 Å². The van der Waals surface area contributed by atoms with Crippen molar-refractivity contribution in [3.05, 3.63) is 34.9 Å². The van der Waals surface area contributed by atoms with Gasteiger partial charge in [-0.3, -0.25) is 4.79 Å². The van der Waals surface area contributed by atoms with Gasteiger partial charge < -0.3 is 0 Å². The Morgan fingerprint density at radius 2 is 2.06 bits per heavy atom. The van der Waals surface area contributed by atoms with E-state index in [9.17, 15) is 4.79 Å². The van der Waals surface area contributed by atoms with Crippen LogP contribution < -0.4 is 0 Å². The van der Waals surface area contributed by atoms with Crippen LogP contribution in [-0.4, -0.2) is 5.78 Å². The molecule has 0 saturated heterocycles. The second kappa shape index (κ2) is 5.26. The van der Waals surface area contributed by atoms with Crippen LogP contribution in [0.25, 0.3) is 0 Å². The van der Waals surface area contributed by atoms with E-state index in [0.29, 0.717) is 6.42 Å². The normalized spacial score (nSPS) is 20.8. The van der Waals surface area contributed by atoms with Crippen molar-refractivity contribution >= 4 is 5.78 Å². The van der Waals surface area contributed by atoms with Crippen LogP contribution in [0.3, 0.4) is 0 Å². The standard InChI is InChI=1S/C17H24O/c1-17(2,3)16(18)12-14-10-7-9-13-8-5-4-6-11-15(13)14/h7,9-10H,4-6,8,11-12H2,1-3H3/i11D. The summed E-state index contributed by atoms with van der Waals surface area (Å²) in [7, 11) is 0. The summed E-state index contributed by atoms with van der Waals surface area (Å²) in [5.74, 6) is 0.261. The van der Waals surface area contributed by atoms with Crippen LogP contribution in [-0.2, 0) is 24.0 Å². The molecule has 1 aliphatic rings. The van der Waals surface area contributed by atoms with E-state index in [1.807, 2.05) is 32.9 Å². The molecule has 1 aromatic carbocycles. The van der Waals surface area contributed by atoms with E-state index >= 15 is 0 Å². The highest BCUT2D eigenvalue weighted by atomic mass is 16.1. The molecule has 0 radical (unpaired) electrons. The van der Waals surface area contributed by atoms with Crippen LogP contribution in [0.4, 0.5) is 0 Å². The van der Waals surface area contributed by atoms with E-state index in [4.69, 9.17) is 1.37 Å². The second-order valence-corrected chi connectivity index (χ2v) is 6.29. The smallest absolute Gasteiger partial charge is 0.142 e. The van der Waals surface area contributed by atoms with Gasteiger partial charge in [0.15, 0.2) is 0 Å². The van der Waals surface area contributed by atoms with Crippen LogP contribution in [0.15, 0.2) is 18.2 Å². The zero-order chi connectivity index (χ0) is 14.0. The minimum absolute atomic E-state index is 0.151. The quantitative estimate of drug-likeness (QED) is 0.716. The fourth-order valence-electron chi connectivity index (χ4n) is 2.44.